The van der Waals surface area contributed by atoms with Crippen LogP contribution in [-0.4, -0.2) is 13.4 Å². The van der Waals surface area contributed by atoms with Gasteiger partial charge in [0.05, 0.1) is 5.02 Å². The van der Waals surface area contributed by atoms with E-state index in [9.17, 15) is 8.42 Å². The molecule has 0 amide bonds. The molecule has 0 aliphatic heterocycles. The lowest BCUT2D eigenvalue weighted by Crippen LogP contribution is -2.27. The predicted molar refractivity (Wildman–Crippen MR) is 74.4 cm³/mol. The molecular weight excluding hydrogens is 284 g/mol. The van der Waals surface area contributed by atoms with Crippen LogP contribution in [0.25, 0.3) is 0 Å². The van der Waals surface area contributed by atoms with Gasteiger partial charge in [-0.3, -0.25) is 4.98 Å². The van der Waals surface area contributed by atoms with Crippen molar-refractivity contribution in [2.75, 3.05) is 0 Å². The van der Waals surface area contributed by atoms with Crippen LogP contribution >= 0.6 is 11.6 Å². The average Bonchev–Trinajstić information content (AvgIpc) is 2.39. The highest BCUT2D eigenvalue weighted by Crippen LogP contribution is 2.22. The van der Waals surface area contributed by atoms with Crippen molar-refractivity contribution in [3.8, 4) is 0 Å². The van der Waals surface area contributed by atoms with Gasteiger partial charge in [0.25, 0.3) is 0 Å². The van der Waals surface area contributed by atoms with E-state index in [1.165, 1.54) is 6.07 Å². The SMILES string of the molecule is CC(NS(=O)(=O)c1ccccc1Cl)c1cccnc1. The highest BCUT2D eigenvalue weighted by Gasteiger charge is 2.20. The van der Waals surface area contributed by atoms with Crippen LogP contribution in [-0.2, 0) is 10.0 Å². The van der Waals surface area contributed by atoms with E-state index in [1.54, 1.807) is 43.6 Å². The first kappa shape index (κ1) is 14.0. The van der Waals surface area contributed by atoms with E-state index < -0.39 is 10.0 Å². The van der Waals surface area contributed by atoms with Crippen molar-refractivity contribution in [3.05, 3.63) is 59.4 Å². The Bertz CT molecular complexity index is 659. The van der Waals surface area contributed by atoms with E-state index in [0.29, 0.717) is 0 Å². The van der Waals surface area contributed by atoms with E-state index in [4.69, 9.17) is 11.6 Å². The summed E-state index contributed by atoms with van der Waals surface area (Å²) in [5, 5.41) is 0.202. The summed E-state index contributed by atoms with van der Waals surface area (Å²) in [6, 6.07) is 9.53. The van der Waals surface area contributed by atoms with Crippen molar-refractivity contribution in [2.45, 2.75) is 17.9 Å². The fourth-order valence-electron chi connectivity index (χ4n) is 1.66. The second-order valence-corrected chi connectivity index (χ2v) is 6.15. The molecule has 0 spiro atoms. The third-order valence-electron chi connectivity index (χ3n) is 2.64. The minimum absolute atomic E-state index is 0.0763. The topological polar surface area (TPSA) is 59.1 Å². The second kappa shape index (κ2) is 5.69. The Balaban J connectivity index is 2.26. The average molecular weight is 297 g/mol. The summed E-state index contributed by atoms with van der Waals surface area (Å²) in [5.41, 5.74) is 0.790. The quantitative estimate of drug-likeness (QED) is 0.944. The summed E-state index contributed by atoms with van der Waals surface area (Å²) in [4.78, 5) is 4.04. The number of nitrogens with one attached hydrogen (secondary N) is 1. The van der Waals surface area contributed by atoms with Gasteiger partial charge in [-0.2, -0.15) is 0 Å². The Morgan fingerprint density at radius 2 is 1.95 bits per heavy atom. The first-order valence-electron chi connectivity index (χ1n) is 5.67. The first-order valence-corrected chi connectivity index (χ1v) is 7.53. The summed E-state index contributed by atoms with van der Waals surface area (Å²) < 4.78 is 27.0. The van der Waals surface area contributed by atoms with Gasteiger partial charge < -0.3 is 0 Å². The van der Waals surface area contributed by atoms with Crippen LogP contribution in [0.5, 0.6) is 0 Å². The Morgan fingerprint density at radius 3 is 2.58 bits per heavy atom. The number of pyridine rings is 1. The molecule has 2 rings (SSSR count). The highest BCUT2D eigenvalue weighted by atomic mass is 35.5. The molecule has 0 aliphatic rings. The van der Waals surface area contributed by atoms with Gasteiger partial charge >= 0.3 is 0 Å². The van der Waals surface area contributed by atoms with Crippen molar-refractivity contribution in [2.24, 2.45) is 0 Å². The van der Waals surface area contributed by atoms with Gasteiger partial charge in [0.15, 0.2) is 0 Å². The van der Waals surface area contributed by atoms with Crippen LogP contribution in [0, 0.1) is 0 Å². The standard InChI is InChI=1S/C13H13ClN2O2S/c1-10(11-5-4-8-15-9-11)16-19(17,18)13-7-3-2-6-12(13)14/h2-10,16H,1H3. The lowest BCUT2D eigenvalue weighted by atomic mass is 10.2. The smallest absolute Gasteiger partial charge is 0.242 e. The largest absolute Gasteiger partial charge is 0.264 e. The summed E-state index contributed by atoms with van der Waals surface area (Å²) >= 11 is 5.91. The van der Waals surface area contributed by atoms with Crippen molar-refractivity contribution >= 4 is 21.6 Å². The van der Waals surface area contributed by atoms with Gasteiger partial charge in [-0.25, -0.2) is 13.1 Å². The maximum atomic E-state index is 12.2. The molecule has 0 radical (unpaired) electrons. The lowest BCUT2D eigenvalue weighted by Gasteiger charge is -2.14. The second-order valence-electron chi connectivity index (χ2n) is 4.06. The molecule has 0 fully saturated rings. The zero-order valence-electron chi connectivity index (χ0n) is 10.2. The fourth-order valence-corrected chi connectivity index (χ4v) is 3.41. The van der Waals surface area contributed by atoms with Crippen LogP contribution in [0.2, 0.25) is 5.02 Å². The fraction of sp³-hybridized carbons (Fsp3) is 0.154. The van der Waals surface area contributed by atoms with Gasteiger partial charge in [-0.05, 0) is 30.7 Å². The summed E-state index contributed by atoms with van der Waals surface area (Å²) in [7, 11) is -3.65. The molecular formula is C13H13ClN2O2S. The summed E-state index contributed by atoms with van der Waals surface area (Å²) in [5.74, 6) is 0. The Hall–Kier alpha value is -1.43. The number of sulfonamides is 1. The molecule has 4 nitrogen and oxygen atoms in total. The molecule has 1 heterocycles. The Labute approximate surface area is 117 Å². The lowest BCUT2D eigenvalue weighted by molar-refractivity contribution is 0.566. The molecule has 100 valence electrons. The van der Waals surface area contributed by atoms with Gasteiger partial charge in [0, 0.05) is 18.4 Å². The van der Waals surface area contributed by atoms with Crippen molar-refractivity contribution in [1.82, 2.24) is 9.71 Å². The van der Waals surface area contributed by atoms with Crippen molar-refractivity contribution in [1.29, 1.82) is 0 Å². The van der Waals surface area contributed by atoms with Crippen LogP contribution < -0.4 is 4.72 Å². The molecule has 6 heteroatoms. The Morgan fingerprint density at radius 1 is 1.21 bits per heavy atom. The molecule has 1 atom stereocenters. The van der Waals surface area contributed by atoms with Gasteiger partial charge in [0.2, 0.25) is 10.0 Å². The van der Waals surface area contributed by atoms with Gasteiger partial charge in [-0.15, -0.1) is 0 Å². The molecule has 1 N–H and O–H groups in total. The zero-order chi connectivity index (χ0) is 13.9. The predicted octanol–water partition coefficient (Wildman–Crippen LogP) is 2.77. The van der Waals surface area contributed by atoms with Gasteiger partial charge in [-0.1, -0.05) is 29.8 Å². The van der Waals surface area contributed by atoms with E-state index in [-0.39, 0.29) is 16.0 Å². The van der Waals surface area contributed by atoms with Crippen LogP contribution in [0.1, 0.15) is 18.5 Å². The van der Waals surface area contributed by atoms with Gasteiger partial charge in [0.1, 0.15) is 4.90 Å². The van der Waals surface area contributed by atoms with Crippen LogP contribution in [0.4, 0.5) is 0 Å². The number of hydrogen-bond acceptors (Lipinski definition) is 3. The third-order valence-corrected chi connectivity index (χ3v) is 4.68. The minimum Gasteiger partial charge on any atom is -0.264 e. The van der Waals surface area contributed by atoms with E-state index in [0.717, 1.165) is 5.56 Å². The van der Waals surface area contributed by atoms with Crippen LogP contribution in [0.3, 0.4) is 0 Å². The molecule has 19 heavy (non-hydrogen) atoms. The molecule has 2 aromatic rings. The van der Waals surface area contributed by atoms with Crippen molar-refractivity contribution in [3.63, 3.8) is 0 Å². The summed E-state index contributed by atoms with van der Waals surface area (Å²) in [6.45, 7) is 1.76. The monoisotopic (exact) mass is 296 g/mol. The molecule has 0 aliphatic carbocycles. The normalized spacial score (nSPS) is 13.2. The number of halogens is 1. The molecule has 1 unspecified atom stereocenters. The Kier molecular flexibility index (Phi) is 4.19. The number of nitrogens with zero attached hydrogens (tertiary/aromatic N) is 1. The summed E-state index contributed by atoms with van der Waals surface area (Å²) in [6.07, 6.45) is 3.26. The highest BCUT2D eigenvalue weighted by molar-refractivity contribution is 7.89. The number of benzene rings is 1. The third kappa shape index (κ3) is 3.32. The number of rotatable bonds is 4. The van der Waals surface area contributed by atoms with Crippen LogP contribution in [0.15, 0.2) is 53.7 Å². The number of hydrogen-bond donors (Lipinski definition) is 1. The molecule has 1 aromatic heterocycles. The zero-order valence-corrected chi connectivity index (χ0v) is 11.8. The minimum atomic E-state index is -3.65. The maximum Gasteiger partial charge on any atom is 0.242 e. The molecule has 0 bridgehead atoms. The van der Waals surface area contributed by atoms with Crippen molar-refractivity contribution < 1.29 is 8.42 Å². The van der Waals surface area contributed by atoms with E-state index in [2.05, 4.69) is 9.71 Å². The molecule has 1 aromatic carbocycles. The maximum absolute atomic E-state index is 12.2. The molecule has 0 saturated heterocycles. The van der Waals surface area contributed by atoms with E-state index in [1.807, 2.05) is 6.07 Å². The number of aromatic nitrogens is 1. The van der Waals surface area contributed by atoms with E-state index >= 15 is 0 Å². The first-order chi connectivity index (χ1) is 9.00. The molecule has 0 saturated carbocycles.